The maximum Gasteiger partial charge on any atom is 0.356 e. The lowest BCUT2D eigenvalue weighted by Gasteiger charge is -2.12. The molecule has 0 bridgehead atoms. The minimum atomic E-state index is -0.930. The summed E-state index contributed by atoms with van der Waals surface area (Å²) in [5.74, 6) is -1.97. The highest BCUT2D eigenvalue weighted by Gasteiger charge is 2.25. The average Bonchev–Trinajstić information content (AvgIpc) is 2.85. The molecule has 2 amide bonds. The molecular formula is C19H16N8O7. The van der Waals surface area contributed by atoms with Gasteiger partial charge in [-0.05, 0) is 18.2 Å². The molecule has 0 atom stereocenters. The number of benzene rings is 2. The zero-order valence-corrected chi connectivity index (χ0v) is 17.1. The molecule has 1 aromatic heterocycles. The number of hydrazine groups is 2. The summed E-state index contributed by atoms with van der Waals surface area (Å²) in [5, 5.41) is 22.6. The van der Waals surface area contributed by atoms with Crippen LogP contribution in [0.4, 0.5) is 23.0 Å². The third kappa shape index (κ3) is 5.88. The highest BCUT2D eigenvalue weighted by atomic mass is 16.6. The Morgan fingerprint density at radius 1 is 0.853 bits per heavy atom. The smallest absolute Gasteiger partial charge is 0.356 e. The summed E-state index contributed by atoms with van der Waals surface area (Å²) < 4.78 is 5.26. The van der Waals surface area contributed by atoms with Crippen molar-refractivity contribution < 1.29 is 24.2 Å². The molecule has 174 valence electrons. The van der Waals surface area contributed by atoms with Gasteiger partial charge < -0.3 is 4.74 Å². The van der Waals surface area contributed by atoms with E-state index in [1.54, 1.807) is 30.3 Å². The van der Waals surface area contributed by atoms with Gasteiger partial charge in [0.15, 0.2) is 6.61 Å². The van der Waals surface area contributed by atoms with Crippen molar-refractivity contribution >= 4 is 34.8 Å². The lowest BCUT2D eigenvalue weighted by molar-refractivity contribution is -0.385. The predicted molar refractivity (Wildman–Crippen MR) is 117 cm³/mol. The van der Waals surface area contributed by atoms with Crippen LogP contribution in [0.3, 0.4) is 0 Å². The quantitative estimate of drug-likeness (QED) is 0.248. The van der Waals surface area contributed by atoms with Crippen LogP contribution in [0.1, 0.15) is 10.4 Å². The van der Waals surface area contributed by atoms with Crippen molar-refractivity contribution in [2.45, 2.75) is 0 Å². The number of hydrogen-bond donors (Lipinski definition) is 4. The Hall–Kier alpha value is -5.34. The van der Waals surface area contributed by atoms with Crippen molar-refractivity contribution in [1.29, 1.82) is 0 Å². The molecule has 1 heterocycles. The molecule has 0 aliphatic rings. The number of nitro groups is 2. The van der Waals surface area contributed by atoms with E-state index >= 15 is 0 Å². The van der Waals surface area contributed by atoms with Crippen molar-refractivity contribution in [2.75, 3.05) is 17.5 Å². The van der Waals surface area contributed by atoms with Crippen LogP contribution in [0.25, 0.3) is 0 Å². The van der Waals surface area contributed by atoms with E-state index in [1.807, 2.05) is 0 Å². The number of rotatable bonds is 10. The van der Waals surface area contributed by atoms with Gasteiger partial charge in [0.1, 0.15) is 17.6 Å². The van der Waals surface area contributed by atoms with Gasteiger partial charge in [-0.2, -0.15) is 0 Å². The Kier molecular flexibility index (Phi) is 7.41. The molecule has 2 aromatic carbocycles. The van der Waals surface area contributed by atoms with Crippen LogP contribution in [0, 0.1) is 20.2 Å². The molecule has 0 radical (unpaired) electrons. The molecule has 0 aliphatic heterocycles. The predicted octanol–water partition coefficient (Wildman–Crippen LogP) is 1.57. The van der Waals surface area contributed by atoms with Crippen LogP contribution in [-0.4, -0.2) is 38.2 Å². The molecule has 0 saturated heterocycles. The first-order valence-corrected chi connectivity index (χ1v) is 9.38. The zero-order chi connectivity index (χ0) is 24.5. The number of para-hydroxylation sites is 2. The summed E-state index contributed by atoms with van der Waals surface area (Å²) in [6.45, 7) is -0.382. The summed E-state index contributed by atoms with van der Waals surface area (Å²) in [5.41, 5.74) is 7.41. The topological polar surface area (TPSA) is 204 Å². The second-order valence-corrected chi connectivity index (χ2v) is 6.30. The van der Waals surface area contributed by atoms with E-state index in [2.05, 4.69) is 31.7 Å². The highest BCUT2D eigenvalue weighted by Crippen LogP contribution is 2.28. The Labute approximate surface area is 190 Å². The third-order valence-electron chi connectivity index (χ3n) is 4.08. The summed E-state index contributed by atoms with van der Waals surface area (Å²) >= 11 is 0. The van der Waals surface area contributed by atoms with Crippen LogP contribution in [0.5, 0.6) is 5.75 Å². The molecule has 0 aliphatic carbocycles. The fraction of sp³-hybridized carbons (Fsp3) is 0.0526. The number of nitro benzene ring substituents is 1. The van der Waals surface area contributed by atoms with Crippen molar-refractivity contribution in [3.63, 3.8) is 0 Å². The summed E-state index contributed by atoms with van der Waals surface area (Å²) in [4.78, 5) is 52.8. The lowest BCUT2D eigenvalue weighted by atomic mass is 10.2. The van der Waals surface area contributed by atoms with E-state index in [-0.39, 0.29) is 12.2 Å². The normalized spacial score (nSPS) is 10.0. The monoisotopic (exact) mass is 468 g/mol. The Bertz CT molecular complexity index is 1220. The SMILES string of the molecule is O=C(COc1ccccc1)NNc1ncnc(NNC(=O)c2ccccc2[N+](=O)[O-])c1[N+](=O)[O-]. The number of anilines is 2. The van der Waals surface area contributed by atoms with Crippen LogP contribution in [0.15, 0.2) is 60.9 Å². The number of ether oxygens (including phenoxy) is 1. The molecule has 0 spiro atoms. The Morgan fingerprint density at radius 3 is 2.12 bits per heavy atom. The third-order valence-corrected chi connectivity index (χ3v) is 4.08. The van der Waals surface area contributed by atoms with Gasteiger partial charge in [-0.1, -0.05) is 30.3 Å². The molecular weight excluding hydrogens is 452 g/mol. The van der Waals surface area contributed by atoms with Gasteiger partial charge in [0.2, 0.25) is 11.6 Å². The number of carbonyl (C=O) groups excluding carboxylic acids is 2. The van der Waals surface area contributed by atoms with Crippen LogP contribution >= 0.6 is 0 Å². The van der Waals surface area contributed by atoms with Gasteiger partial charge >= 0.3 is 5.69 Å². The Morgan fingerprint density at radius 2 is 1.47 bits per heavy atom. The second-order valence-electron chi connectivity index (χ2n) is 6.30. The highest BCUT2D eigenvalue weighted by molar-refractivity contribution is 5.98. The van der Waals surface area contributed by atoms with E-state index in [1.165, 1.54) is 18.2 Å². The summed E-state index contributed by atoms with van der Waals surface area (Å²) in [6.07, 6.45) is 0.932. The maximum atomic E-state index is 12.3. The first-order chi connectivity index (χ1) is 16.4. The van der Waals surface area contributed by atoms with E-state index in [4.69, 9.17) is 4.74 Å². The zero-order valence-electron chi connectivity index (χ0n) is 17.1. The van der Waals surface area contributed by atoms with E-state index in [9.17, 15) is 29.8 Å². The van der Waals surface area contributed by atoms with Crippen molar-refractivity contribution in [3.8, 4) is 5.75 Å². The summed E-state index contributed by atoms with van der Waals surface area (Å²) in [6, 6.07) is 13.7. The van der Waals surface area contributed by atoms with Crippen LogP contribution in [-0.2, 0) is 4.79 Å². The fourth-order valence-corrected chi connectivity index (χ4v) is 2.57. The number of nitrogens with one attached hydrogen (secondary N) is 4. The van der Waals surface area contributed by atoms with Crippen molar-refractivity contribution in [1.82, 2.24) is 20.8 Å². The largest absolute Gasteiger partial charge is 0.484 e. The first-order valence-electron chi connectivity index (χ1n) is 9.38. The van der Waals surface area contributed by atoms with Crippen LogP contribution in [0.2, 0.25) is 0 Å². The van der Waals surface area contributed by atoms with Gasteiger partial charge in [0.25, 0.3) is 17.5 Å². The molecule has 3 aromatic rings. The van der Waals surface area contributed by atoms with Crippen LogP contribution < -0.4 is 26.4 Å². The molecule has 3 rings (SSSR count). The molecule has 15 heteroatoms. The number of hydrogen-bond acceptors (Lipinski definition) is 11. The maximum absolute atomic E-state index is 12.3. The first kappa shape index (κ1) is 23.3. The number of aromatic nitrogens is 2. The van der Waals surface area contributed by atoms with Gasteiger partial charge in [0, 0.05) is 6.07 Å². The Balaban J connectivity index is 1.66. The van der Waals surface area contributed by atoms with Gasteiger partial charge in [-0.25, -0.2) is 9.97 Å². The van der Waals surface area contributed by atoms with E-state index in [0.717, 1.165) is 12.4 Å². The van der Waals surface area contributed by atoms with E-state index < -0.39 is 44.7 Å². The lowest BCUT2D eigenvalue weighted by Crippen LogP contribution is -2.34. The van der Waals surface area contributed by atoms with Gasteiger partial charge in [-0.15, -0.1) is 0 Å². The van der Waals surface area contributed by atoms with Gasteiger partial charge in [0.05, 0.1) is 9.85 Å². The number of amides is 2. The molecule has 0 saturated carbocycles. The van der Waals surface area contributed by atoms with E-state index in [0.29, 0.717) is 5.75 Å². The fourth-order valence-electron chi connectivity index (χ4n) is 2.57. The minimum absolute atomic E-state index is 0.277. The minimum Gasteiger partial charge on any atom is -0.484 e. The summed E-state index contributed by atoms with van der Waals surface area (Å²) in [7, 11) is 0. The van der Waals surface area contributed by atoms with Gasteiger partial charge in [-0.3, -0.25) is 51.5 Å². The molecule has 15 nitrogen and oxygen atoms in total. The number of nitrogens with zero attached hydrogens (tertiary/aromatic N) is 4. The van der Waals surface area contributed by atoms with Crippen molar-refractivity contribution in [2.24, 2.45) is 0 Å². The molecule has 0 unspecified atom stereocenters. The number of carbonyl (C=O) groups is 2. The average molecular weight is 468 g/mol. The molecule has 0 fully saturated rings. The molecule has 34 heavy (non-hydrogen) atoms. The second kappa shape index (κ2) is 10.8. The van der Waals surface area contributed by atoms with Crippen molar-refractivity contribution in [3.05, 3.63) is 86.7 Å². The molecule has 4 N–H and O–H groups in total. The standard InChI is InChI=1S/C19H16N8O7/c28-15(10-34-12-6-2-1-3-7-12)22-23-17-16(27(32)33)18(21-11-20-17)24-25-19(29)13-8-4-5-9-14(13)26(30)31/h1-9,11H,10H2,(H,22,28)(H,25,29)(H2,20,21,23,24).